The SMILES string of the molecule is CCCn1nc(-c2ccc(OCCCN3CCC(N(C)C)CC3)cc2)c2c(c1=O)CCS2. The zero-order valence-electron chi connectivity index (χ0n) is 19.7. The standard InChI is InChI=1S/C25H36N4O2S/c1-4-13-29-25(30)22-12-18-32-24(22)23(26-29)19-6-8-21(9-7-19)31-17-5-14-28-15-10-20(11-16-28)27(2)3/h6-9,20H,4-5,10-18H2,1-3H3. The molecule has 0 bridgehead atoms. The van der Waals surface area contributed by atoms with Crippen molar-refractivity contribution in [3.05, 3.63) is 40.2 Å². The maximum absolute atomic E-state index is 12.7. The quantitative estimate of drug-likeness (QED) is 0.536. The van der Waals surface area contributed by atoms with Gasteiger partial charge in [-0.15, -0.1) is 11.8 Å². The Kier molecular flexibility index (Phi) is 7.92. The molecule has 0 aliphatic carbocycles. The molecule has 3 heterocycles. The summed E-state index contributed by atoms with van der Waals surface area (Å²) in [5.74, 6) is 1.86. The lowest BCUT2D eigenvalue weighted by atomic mass is 10.0. The lowest BCUT2D eigenvalue weighted by molar-refractivity contribution is 0.138. The van der Waals surface area contributed by atoms with Crippen molar-refractivity contribution in [3.8, 4) is 17.0 Å². The van der Waals surface area contributed by atoms with E-state index in [2.05, 4.69) is 43.0 Å². The van der Waals surface area contributed by atoms with Crippen LogP contribution in [-0.4, -0.2) is 71.7 Å². The van der Waals surface area contributed by atoms with Gasteiger partial charge in [0.2, 0.25) is 0 Å². The first-order valence-electron chi connectivity index (χ1n) is 12.0. The molecule has 0 saturated carbocycles. The molecule has 7 heteroatoms. The van der Waals surface area contributed by atoms with Gasteiger partial charge in [-0.25, -0.2) is 4.68 Å². The van der Waals surface area contributed by atoms with Crippen molar-refractivity contribution in [2.75, 3.05) is 46.1 Å². The van der Waals surface area contributed by atoms with Crippen molar-refractivity contribution in [1.82, 2.24) is 19.6 Å². The van der Waals surface area contributed by atoms with E-state index in [-0.39, 0.29) is 5.56 Å². The average molecular weight is 457 g/mol. The predicted molar refractivity (Wildman–Crippen MR) is 132 cm³/mol. The van der Waals surface area contributed by atoms with E-state index in [0.717, 1.165) is 71.7 Å². The molecule has 6 nitrogen and oxygen atoms in total. The van der Waals surface area contributed by atoms with Gasteiger partial charge in [-0.3, -0.25) is 4.79 Å². The van der Waals surface area contributed by atoms with Gasteiger partial charge < -0.3 is 14.5 Å². The van der Waals surface area contributed by atoms with Gasteiger partial charge in [0.05, 0.1) is 6.61 Å². The van der Waals surface area contributed by atoms with E-state index >= 15 is 0 Å². The summed E-state index contributed by atoms with van der Waals surface area (Å²) in [6.45, 7) is 6.95. The molecule has 32 heavy (non-hydrogen) atoms. The van der Waals surface area contributed by atoms with E-state index in [1.165, 1.54) is 25.9 Å². The number of hydrogen-bond acceptors (Lipinski definition) is 6. The van der Waals surface area contributed by atoms with Crippen LogP contribution < -0.4 is 10.3 Å². The van der Waals surface area contributed by atoms with Crippen LogP contribution in [0, 0.1) is 0 Å². The van der Waals surface area contributed by atoms with Gasteiger partial charge in [0.15, 0.2) is 0 Å². The summed E-state index contributed by atoms with van der Waals surface area (Å²) >= 11 is 1.75. The number of fused-ring (bicyclic) bond motifs is 1. The maximum atomic E-state index is 12.7. The molecule has 0 radical (unpaired) electrons. The van der Waals surface area contributed by atoms with Gasteiger partial charge >= 0.3 is 0 Å². The second-order valence-electron chi connectivity index (χ2n) is 9.05. The topological polar surface area (TPSA) is 50.6 Å². The van der Waals surface area contributed by atoms with Crippen LogP contribution in [-0.2, 0) is 13.0 Å². The van der Waals surface area contributed by atoms with Crippen LogP contribution in [0.1, 0.15) is 38.2 Å². The van der Waals surface area contributed by atoms with Crippen LogP contribution in [0.2, 0.25) is 0 Å². The molecule has 2 aliphatic heterocycles. The largest absolute Gasteiger partial charge is 0.494 e. The van der Waals surface area contributed by atoms with Crippen molar-refractivity contribution >= 4 is 11.8 Å². The molecular weight excluding hydrogens is 420 g/mol. The summed E-state index contributed by atoms with van der Waals surface area (Å²) < 4.78 is 7.65. The molecular formula is C25H36N4O2S. The van der Waals surface area contributed by atoms with Gasteiger partial charge in [0.1, 0.15) is 11.4 Å². The van der Waals surface area contributed by atoms with Gasteiger partial charge in [0.25, 0.3) is 5.56 Å². The average Bonchev–Trinajstić information content (AvgIpc) is 3.30. The van der Waals surface area contributed by atoms with Crippen molar-refractivity contribution < 1.29 is 4.74 Å². The molecule has 1 fully saturated rings. The molecule has 2 aromatic rings. The van der Waals surface area contributed by atoms with Crippen LogP contribution in [0.15, 0.2) is 34.0 Å². The lowest BCUT2D eigenvalue weighted by Crippen LogP contribution is -2.42. The summed E-state index contributed by atoms with van der Waals surface area (Å²) in [6, 6.07) is 8.94. The van der Waals surface area contributed by atoms with Gasteiger partial charge in [-0.2, -0.15) is 5.10 Å². The molecule has 1 aromatic heterocycles. The number of piperidine rings is 1. The van der Waals surface area contributed by atoms with E-state index < -0.39 is 0 Å². The van der Waals surface area contributed by atoms with Crippen molar-refractivity contribution in [2.45, 2.75) is 56.5 Å². The molecule has 0 spiro atoms. The van der Waals surface area contributed by atoms with Crippen molar-refractivity contribution in [2.24, 2.45) is 0 Å². The molecule has 2 aliphatic rings. The Morgan fingerprint density at radius 1 is 1.16 bits per heavy atom. The van der Waals surface area contributed by atoms with Gasteiger partial charge in [0, 0.05) is 40.9 Å². The van der Waals surface area contributed by atoms with Gasteiger partial charge in [-0.05, 0) is 83.6 Å². The van der Waals surface area contributed by atoms with E-state index in [1.54, 1.807) is 16.4 Å². The van der Waals surface area contributed by atoms with Crippen molar-refractivity contribution in [3.63, 3.8) is 0 Å². The summed E-state index contributed by atoms with van der Waals surface area (Å²) in [4.78, 5) is 18.6. The molecule has 1 saturated heterocycles. The predicted octanol–water partition coefficient (Wildman–Crippen LogP) is 3.76. The van der Waals surface area contributed by atoms with Crippen LogP contribution in [0.4, 0.5) is 0 Å². The number of thioether (sulfide) groups is 1. The first kappa shape index (κ1) is 23.3. The fourth-order valence-electron chi connectivity index (χ4n) is 4.64. The first-order chi connectivity index (χ1) is 15.6. The first-order valence-corrected chi connectivity index (χ1v) is 12.9. The molecule has 0 amide bonds. The Balaban J connectivity index is 1.32. The second kappa shape index (κ2) is 10.9. The Morgan fingerprint density at radius 2 is 1.91 bits per heavy atom. The third kappa shape index (κ3) is 5.38. The van der Waals surface area contributed by atoms with Crippen molar-refractivity contribution in [1.29, 1.82) is 0 Å². The maximum Gasteiger partial charge on any atom is 0.271 e. The minimum atomic E-state index is 0.0847. The molecule has 0 unspecified atom stereocenters. The number of ether oxygens (including phenoxy) is 1. The fourth-order valence-corrected chi connectivity index (χ4v) is 5.81. The minimum absolute atomic E-state index is 0.0847. The Bertz CT molecular complexity index is 950. The van der Waals surface area contributed by atoms with E-state index in [0.29, 0.717) is 6.54 Å². The monoisotopic (exact) mass is 456 g/mol. The highest BCUT2D eigenvalue weighted by Gasteiger charge is 2.23. The molecule has 4 rings (SSSR count). The highest BCUT2D eigenvalue weighted by Crippen LogP contribution is 2.36. The second-order valence-corrected chi connectivity index (χ2v) is 10.2. The molecule has 0 atom stereocenters. The van der Waals surface area contributed by atoms with Crippen LogP contribution in [0.25, 0.3) is 11.3 Å². The number of benzene rings is 1. The lowest BCUT2D eigenvalue weighted by Gasteiger charge is -2.35. The van der Waals surface area contributed by atoms with Crippen LogP contribution >= 0.6 is 11.8 Å². The normalized spacial score (nSPS) is 17.1. The van der Waals surface area contributed by atoms with E-state index in [9.17, 15) is 4.79 Å². The number of hydrogen-bond donors (Lipinski definition) is 0. The Hall–Kier alpha value is -1.83. The molecule has 174 valence electrons. The zero-order chi connectivity index (χ0) is 22.5. The summed E-state index contributed by atoms with van der Waals surface area (Å²) in [5.41, 5.74) is 3.00. The third-order valence-electron chi connectivity index (χ3n) is 6.54. The third-order valence-corrected chi connectivity index (χ3v) is 7.68. The highest BCUT2D eigenvalue weighted by molar-refractivity contribution is 7.99. The molecule has 1 aromatic carbocycles. The number of nitrogens with zero attached hydrogens (tertiary/aromatic N) is 4. The summed E-state index contributed by atoms with van der Waals surface area (Å²) in [6.07, 6.45) is 5.31. The Morgan fingerprint density at radius 3 is 2.59 bits per heavy atom. The molecule has 0 N–H and O–H groups in total. The van der Waals surface area contributed by atoms with Crippen LogP contribution in [0.3, 0.4) is 0 Å². The zero-order valence-corrected chi connectivity index (χ0v) is 20.5. The van der Waals surface area contributed by atoms with E-state index in [1.807, 2.05) is 12.1 Å². The van der Waals surface area contributed by atoms with E-state index in [4.69, 9.17) is 9.84 Å². The summed E-state index contributed by atoms with van der Waals surface area (Å²) in [7, 11) is 4.37. The number of likely N-dealkylation sites (tertiary alicyclic amines) is 1. The Labute approximate surface area is 195 Å². The minimum Gasteiger partial charge on any atom is -0.494 e. The van der Waals surface area contributed by atoms with Gasteiger partial charge in [-0.1, -0.05) is 6.92 Å². The number of rotatable bonds is 9. The summed E-state index contributed by atoms with van der Waals surface area (Å²) in [5, 5.41) is 4.71. The highest BCUT2D eigenvalue weighted by atomic mass is 32.2. The smallest absolute Gasteiger partial charge is 0.271 e. The van der Waals surface area contributed by atoms with Crippen LogP contribution in [0.5, 0.6) is 5.75 Å². The number of aromatic nitrogens is 2. The fraction of sp³-hybridized carbons (Fsp3) is 0.600. The number of aryl methyl sites for hydroxylation is 1.